The van der Waals surface area contributed by atoms with Gasteiger partial charge in [0.1, 0.15) is 0 Å². The summed E-state index contributed by atoms with van der Waals surface area (Å²) in [5.41, 5.74) is 5.98. The molecule has 3 aromatic rings. The average molecular weight is 421 g/mol. The van der Waals surface area contributed by atoms with E-state index >= 15 is 0 Å². The highest BCUT2D eigenvalue weighted by Gasteiger charge is 2.21. The lowest BCUT2D eigenvalue weighted by Gasteiger charge is -2.18. The van der Waals surface area contributed by atoms with E-state index in [2.05, 4.69) is 11.8 Å². The molecule has 1 amide bonds. The Balaban J connectivity index is 2.03. The third-order valence-electron chi connectivity index (χ3n) is 5.26. The molecule has 0 atom stereocenters. The van der Waals surface area contributed by atoms with Gasteiger partial charge in [0.15, 0.2) is 5.65 Å². The molecule has 0 aliphatic carbocycles. The van der Waals surface area contributed by atoms with Gasteiger partial charge in [0, 0.05) is 47.6 Å². The smallest absolute Gasteiger partial charge is 0.227 e. The molecule has 2 heterocycles. The van der Waals surface area contributed by atoms with Crippen LogP contribution in [0.15, 0.2) is 30.3 Å². The molecule has 0 saturated heterocycles. The summed E-state index contributed by atoms with van der Waals surface area (Å²) in [4.78, 5) is 19.4. The standard InChI is InChI=1S/C25H29FN4O/c1-5-29(6-2)23(31)17-22-24(28-30-19(4)16-18(3)27-25(22)30)21-13-11-20(12-14-21)10-8-7-9-15-26/h11-14,16H,5-7,9,15,17H2,1-4H3. The number of fused-ring (bicyclic) bond motifs is 1. The number of aromatic nitrogens is 3. The van der Waals surface area contributed by atoms with Gasteiger partial charge in [-0.25, -0.2) is 9.50 Å². The molecule has 31 heavy (non-hydrogen) atoms. The summed E-state index contributed by atoms with van der Waals surface area (Å²) in [5.74, 6) is 6.12. The van der Waals surface area contributed by atoms with Crippen LogP contribution in [0.25, 0.3) is 16.9 Å². The first-order chi connectivity index (χ1) is 15.0. The zero-order chi connectivity index (χ0) is 22.4. The fourth-order valence-electron chi connectivity index (χ4n) is 3.63. The number of unbranched alkanes of at least 4 members (excludes halogenated alkanes) is 1. The van der Waals surface area contributed by atoms with Crippen molar-refractivity contribution in [2.24, 2.45) is 0 Å². The van der Waals surface area contributed by atoms with E-state index in [1.165, 1.54) is 0 Å². The minimum Gasteiger partial charge on any atom is -0.343 e. The Morgan fingerprint density at radius 1 is 1.16 bits per heavy atom. The molecule has 5 nitrogen and oxygen atoms in total. The number of likely N-dealkylation sites (N-methyl/N-ethyl adjacent to an activating group) is 1. The van der Waals surface area contributed by atoms with E-state index in [-0.39, 0.29) is 19.0 Å². The minimum absolute atomic E-state index is 0.0671. The zero-order valence-electron chi connectivity index (χ0n) is 18.7. The summed E-state index contributed by atoms with van der Waals surface area (Å²) in [6.45, 7) is 8.91. The first kappa shape index (κ1) is 22.5. The second kappa shape index (κ2) is 10.2. The van der Waals surface area contributed by atoms with Gasteiger partial charge < -0.3 is 4.90 Å². The molecule has 0 radical (unpaired) electrons. The maximum absolute atomic E-state index is 12.9. The van der Waals surface area contributed by atoms with Crippen molar-refractivity contribution in [3.05, 3.63) is 52.8 Å². The molecule has 0 N–H and O–H groups in total. The number of hydrogen-bond donors (Lipinski definition) is 0. The van der Waals surface area contributed by atoms with Crippen molar-refractivity contribution >= 4 is 11.6 Å². The molecule has 0 fully saturated rings. The van der Waals surface area contributed by atoms with Crippen LogP contribution in [0.4, 0.5) is 4.39 Å². The summed E-state index contributed by atoms with van der Waals surface area (Å²) in [5, 5.41) is 4.81. The topological polar surface area (TPSA) is 50.5 Å². The Kier molecular flexibility index (Phi) is 7.41. The van der Waals surface area contributed by atoms with Crippen LogP contribution < -0.4 is 0 Å². The van der Waals surface area contributed by atoms with Crippen LogP contribution in [-0.4, -0.2) is 45.2 Å². The molecule has 0 unspecified atom stereocenters. The second-order valence-corrected chi connectivity index (χ2v) is 7.52. The van der Waals surface area contributed by atoms with E-state index in [0.717, 1.165) is 39.4 Å². The van der Waals surface area contributed by atoms with Gasteiger partial charge in [-0.3, -0.25) is 9.18 Å². The number of amides is 1. The number of rotatable bonds is 7. The predicted octanol–water partition coefficient (Wildman–Crippen LogP) is 4.53. The van der Waals surface area contributed by atoms with E-state index in [9.17, 15) is 9.18 Å². The van der Waals surface area contributed by atoms with E-state index < -0.39 is 0 Å². The Bertz CT molecular complexity index is 1120. The number of alkyl halides is 1. The lowest BCUT2D eigenvalue weighted by Crippen LogP contribution is -2.31. The summed E-state index contributed by atoms with van der Waals surface area (Å²) in [6, 6.07) is 9.78. The minimum atomic E-state index is -0.344. The first-order valence-electron chi connectivity index (χ1n) is 10.8. The van der Waals surface area contributed by atoms with Crippen molar-refractivity contribution in [2.75, 3.05) is 19.8 Å². The molecule has 0 bridgehead atoms. The quantitative estimate of drug-likeness (QED) is 0.417. The molecule has 2 aromatic heterocycles. The predicted molar refractivity (Wildman–Crippen MR) is 122 cm³/mol. The molecule has 0 aliphatic heterocycles. The Labute approximate surface area is 183 Å². The van der Waals surface area contributed by atoms with Crippen LogP contribution in [0.1, 0.15) is 49.2 Å². The first-order valence-corrected chi connectivity index (χ1v) is 10.8. The fraction of sp³-hybridized carbons (Fsp3) is 0.400. The third-order valence-corrected chi connectivity index (χ3v) is 5.26. The molecule has 0 spiro atoms. The number of carbonyl (C=O) groups excluding carboxylic acids is 1. The summed E-state index contributed by atoms with van der Waals surface area (Å²) >= 11 is 0. The monoisotopic (exact) mass is 420 g/mol. The average Bonchev–Trinajstić information content (AvgIpc) is 3.11. The molecule has 3 rings (SSSR count). The molecule has 162 valence electrons. The van der Waals surface area contributed by atoms with Crippen molar-refractivity contribution in [2.45, 2.75) is 47.0 Å². The van der Waals surface area contributed by atoms with Crippen molar-refractivity contribution in [3.63, 3.8) is 0 Å². The van der Waals surface area contributed by atoms with E-state index in [4.69, 9.17) is 10.1 Å². The molecular weight excluding hydrogens is 391 g/mol. The molecule has 0 saturated carbocycles. The number of carbonyl (C=O) groups is 1. The fourth-order valence-corrected chi connectivity index (χ4v) is 3.63. The lowest BCUT2D eigenvalue weighted by atomic mass is 10.0. The van der Waals surface area contributed by atoms with Crippen LogP contribution in [0.2, 0.25) is 0 Å². The van der Waals surface area contributed by atoms with Crippen LogP contribution in [0.5, 0.6) is 0 Å². The maximum atomic E-state index is 12.9. The molecule has 0 aliphatic rings. The molecular formula is C25H29FN4O. The Morgan fingerprint density at radius 3 is 2.52 bits per heavy atom. The van der Waals surface area contributed by atoms with E-state index in [1.807, 2.05) is 67.4 Å². The van der Waals surface area contributed by atoms with Crippen molar-refractivity contribution in [3.8, 4) is 23.1 Å². The van der Waals surface area contributed by atoms with Gasteiger partial charge in [0.25, 0.3) is 0 Å². The molecule has 6 heteroatoms. The number of hydrogen-bond acceptors (Lipinski definition) is 3. The van der Waals surface area contributed by atoms with Crippen molar-refractivity contribution < 1.29 is 9.18 Å². The Morgan fingerprint density at radius 2 is 1.87 bits per heavy atom. The summed E-state index contributed by atoms with van der Waals surface area (Å²) in [6.07, 6.45) is 1.26. The normalized spacial score (nSPS) is 10.7. The zero-order valence-corrected chi connectivity index (χ0v) is 18.7. The maximum Gasteiger partial charge on any atom is 0.227 e. The largest absolute Gasteiger partial charge is 0.343 e. The van der Waals surface area contributed by atoms with Crippen LogP contribution in [0.3, 0.4) is 0 Å². The van der Waals surface area contributed by atoms with Crippen LogP contribution in [-0.2, 0) is 11.2 Å². The van der Waals surface area contributed by atoms with Gasteiger partial charge >= 0.3 is 0 Å². The third kappa shape index (κ3) is 5.11. The summed E-state index contributed by atoms with van der Waals surface area (Å²) < 4.78 is 14.0. The summed E-state index contributed by atoms with van der Waals surface area (Å²) in [7, 11) is 0. The number of benzene rings is 1. The van der Waals surface area contributed by atoms with Gasteiger partial charge in [0.05, 0.1) is 18.8 Å². The van der Waals surface area contributed by atoms with Gasteiger partial charge in [-0.2, -0.15) is 5.10 Å². The van der Waals surface area contributed by atoms with Crippen LogP contribution in [0, 0.1) is 25.7 Å². The van der Waals surface area contributed by atoms with Gasteiger partial charge in [-0.05, 0) is 52.3 Å². The lowest BCUT2D eigenvalue weighted by molar-refractivity contribution is -0.130. The number of nitrogens with zero attached hydrogens (tertiary/aromatic N) is 4. The highest BCUT2D eigenvalue weighted by Crippen LogP contribution is 2.27. The Hall–Kier alpha value is -3.20. The van der Waals surface area contributed by atoms with Gasteiger partial charge in [-0.1, -0.05) is 24.0 Å². The van der Waals surface area contributed by atoms with Crippen LogP contribution >= 0.6 is 0 Å². The van der Waals surface area contributed by atoms with Crippen molar-refractivity contribution in [1.82, 2.24) is 19.5 Å². The van der Waals surface area contributed by atoms with Gasteiger partial charge in [0.2, 0.25) is 5.91 Å². The molecule has 1 aromatic carbocycles. The van der Waals surface area contributed by atoms with E-state index in [1.54, 1.807) is 0 Å². The van der Waals surface area contributed by atoms with Crippen molar-refractivity contribution in [1.29, 1.82) is 0 Å². The number of aryl methyl sites for hydroxylation is 2. The SMILES string of the molecule is CCN(CC)C(=O)Cc1c(-c2ccc(C#CCCCF)cc2)nn2c(C)cc(C)nc12. The highest BCUT2D eigenvalue weighted by atomic mass is 19.1. The number of halogens is 1. The van der Waals surface area contributed by atoms with E-state index in [0.29, 0.717) is 25.9 Å². The van der Waals surface area contributed by atoms with Gasteiger partial charge in [-0.15, -0.1) is 0 Å². The highest BCUT2D eigenvalue weighted by molar-refractivity contribution is 5.84. The second-order valence-electron chi connectivity index (χ2n) is 7.52.